The van der Waals surface area contributed by atoms with E-state index in [0.717, 1.165) is 11.1 Å². The second-order valence-corrected chi connectivity index (χ2v) is 8.92. The molecule has 0 aliphatic heterocycles. The summed E-state index contributed by atoms with van der Waals surface area (Å²) in [6.45, 7) is 1.59. The molecule has 0 fully saturated rings. The molecule has 0 aromatic heterocycles. The van der Waals surface area contributed by atoms with Gasteiger partial charge in [-0.2, -0.15) is 0 Å². The highest BCUT2D eigenvalue weighted by Gasteiger charge is 2.21. The third kappa shape index (κ3) is 4.39. The van der Waals surface area contributed by atoms with E-state index in [9.17, 15) is 16.8 Å². The summed E-state index contributed by atoms with van der Waals surface area (Å²) in [4.78, 5) is 0.338. The standard InChI is InChI=1S/C14H20N2O4S2/c1-2-21(17,18)15-9-10-16-22(19,20)14-8-7-12-5-3-4-6-13(12)11-14/h3-6,11,15-16H,2,7-10H2,1H3. The highest BCUT2D eigenvalue weighted by atomic mass is 32.2. The quantitative estimate of drug-likeness (QED) is 0.717. The zero-order chi connectivity index (χ0) is 16.2. The van der Waals surface area contributed by atoms with Crippen molar-refractivity contribution in [2.24, 2.45) is 0 Å². The molecule has 1 aliphatic carbocycles. The maximum atomic E-state index is 12.2. The first kappa shape index (κ1) is 17.1. The molecule has 0 bridgehead atoms. The van der Waals surface area contributed by atoms with Crippen LogP contribution in [0.5, 0.6) is 0 Å². The van der Waals surface area contributed by atoms with Gasteiger partial charge in [-0.3, -0.25) is 0 Å². The van der Waals surface area contributed by atoms with E-state index >= 15 is 0 Å². The van der Waals surface area contributed by atoms with Crippen molar-refractivity contribution in [1.82, 2.24) is 9.44 Å². The summed E-state index contributed by atoms with van der Waals surface area (Å²) in [6.07, 6.45) is 2.82. The van der Waals surface area contributed by atoms with Gasteiger partial charge in [0.05, 0.1) is 10.7 Å². The van der Waals surface area contributed by atoms with Crippen LogP contribution < -0.4 is 9.44 Å². The van der Waals surface area contributed by atoms with Crippen LogP contribution in [-0.4, -0.2) is 35.7 Å². The van der Waals surface area contributed by atoms with Gasteiger partial charge < -0.3 is 0 Å². The fourth-order valence-corrected chi connectivity index (χ4v) is 4.03. The number of hydrogen-bond donors (Lipinski definition) is 2. The number of allylic oxidation sites excluding steroid dienone is 1. The maximum Gasteiger partial charge on any atom is 0.236 e. The Hall–Kier alpha value is -1.22. The lowest BCUT2D eigenvalue weighted by Gasteiger charge is -2.17. The summed E-state index contributed by atoms with van der Waals surface area (Å²) in [5, 5.41) is 0. The molecule has 2 rings (SSSR count). The van der Waals surface area contributed by atoms with Gasteiger partial charge in [0.2, 0.25) is 20.0 Å². The van der Waals surface area contributed by atoms with Gasteiger partial charge in [-0.15, -0.1) is 0 Å². The Balaban J connectivity index is 1.99. The summed E-state index contributed by atoms with van der Waals surface area (Å²) < 4.78 is 51.8. The Labute approximate surface area is 131 Å². The van der Waals surface area contributed by atoms with E-state index in [2.05, 4.69) is 9.44 Å². The van der Waals surface area contributed by atoms with Gasteiger partial charge >= 0.3 is 0 Å². The molecule has 122 valence electrons. The number of nitrogens with one attached hydrogen (secondary N) is 2. The van der Waals surface area contributed by atoms with E-state index in [0.29, 0.717) is 17.7 Å². The third-order valence-electron chi connectivity index (χ3n) is 3.48. The molecular weight excluding hydrogens is 324 g/mol. The van der Waals surface area contributed by atoms with Crippen molar-refractivity contribution >= 4 is 26.1 Å². The van der Waals surface area contributed by atoms with Crippen LogP contribution in [0.15, 0.2) is 29.2 Å². The van der Waals surface area contributed by atoms with Crippen molar-refractivity contribution < 1.29 is 16.8 Å². The normalized spacial score (nSPS) is 15.2. The summed E-state index contributed by atoms with van der Waals surface area (Å²) in [6, 6.07) is 7.68. The molecule has 0 radical (unpaired) electrons. The number of aryl methyl sites for hydroxylation is 1. The molecule has 1 aliphatic rings. The topological polar surface area (TPSA) is 92.3 Å². The summed E-state index contributed by atoms with van der Waals surface area (Å²) in [5.41, 5.74) is 2.05. The van der Waals surface area contributed by atoms with Crippen molar-refractivity contribution in [3.63, 3.8) is 0 Å². The van der Waals surface area contributed by atoms with Gasteiger partial charge in [0.1, 0.15) is 0 Å². The second kappa shape index (κ2) is 6.91. The molecule has 0 saturated carbocycles. The Morgan fingerprint density at radius 2 is 1.68 bits per heavy atom. The largest absolute Gasteiger partial charge is 0.236 e. The molecule has 0 saturated heterocycles. The Morgan fingerprint density at radius 1 is 1.00 bits per heavy atom. The van der Waals surface area contributed by atoms with E-state index in [-0.39, 0.29) is 18.8 Å². The van der Waals surface area contributed by atoms with Crippen LogP contribution in [-0.2, 0) is 26.5 Å². The molecule has 0 atom stereocenters. The number of fused-ring (bicyclic) bond motifs is 1. The smallest absolute Gasteiger partial charge is 0.214 e. The minimum atomic E-state index is -3.57. The minimum Gasteiger partial charge on any atom is -0.214 e. The van der Waals surface area contributed by atoms with Crippen LogP contribution >= 0.6 is 0 Å². The van der Waals surface area contributed by atoms with Crippen LogP contribution in [0.1, 0.15) is 24.5 Å². The van der Waals surface area contributed by atoms with Gasteiger partial charge in [0, 0.05) is 13.1 Å². The minimum absolute atomic E-state index is 0.0261. The van der Waals surface area contributed by atoms with Crippen LogP contribution in [0.3, 0.4) is 0 Å². The van der Waals surface area contributed by atoms with Gasteiger partial charge in [0.15, 0.2) is 0 Å². The Bertz CT molecular complexity index is 768. The molecule has 0 heterocycles. The number of rotatable bonds is 7. The zero-order valence-corrected chi connectivity index (χ0v) is 14.0. The van der Waals surface area contributed by atoms with Crippen molar-refractivity contribution in [1.29, 1.82) is 0 Å². The van der Waals surface area contributed by atoms with Gasteiger partial charge in [-0.25, -0.2) is 26.3 Å². The fraction of sp³-hybridized carbons (Fsp3) is 0.429. The molecule has 8 heteroatoms. The van der Waals surface area contributed by atoms with Crippen LogP contribution in [0.25, 0.3) is 6.08 Å². The molecule has 0 unspecified atom stereocenters. The van der Waals surface area contributed by atoms with Crippen molar-refractivity contribution in [3.8, 4) is 0 Å². The van der Waals surface area contributed by atoms with Crippen molar-refractivity contribution in [2.45, 2.75) is 19.8 Å². The number of benzene rings is 1. The summed E-state index contributed by atoms with van der Waals surface area (Å²) in [7, 11) is -6.88. The molecule has 1 aromatic rings. The third-order valence-corrected chi connectivity index (χ3v) is 6.48. The van der Waals surface area contributed by atoms with Crippen LogP contribution in [0.4, 0.5) is 0 Å². The van der Waals surface area contributed by atoms with Gasteiger partial charge in [0.25, 0.3) is 0 Å². The lowest BCUT2D eigenvalue weighted by molar-refractivity contribution is 0.573. The van der Waals surface area contributed by atoms with Crippen LogP contribution in [0.2, 0.25) is 0 Å². The average Bonchev–Trinajstić information content (AvgIpc) is 2.51. The molecule has 1 aromatic carbocycles. The Morgan fingerprint density at radius 3 is 2.41 bits per heavy atom. The van der Waals surface area contributed by atoms with Crippen molar-refractivity contribution in [3.05, 3.63) is 40.3 Å². The highest BCUT2D eigenvalue weighted by molar-refractivity contribution is 7.93. The molecule has 0 amide bonds. The fourth-order valence-electron chi connectivity index (χ4n) is 2.20. The van der Waals surface area contributed by atoms with Gasteiger partial charge in [-0.1, -0.05) is 24.3 Å². The van der Waals surface area contributed by atoms with Gasteiger partial charge in [-0.05, 0) is 37.0 Å². The predicted octanol–water partition coefficient (Wildman–Crippen LogP) is 0.832. The first-order valence-electron chi connectivity index (χ1n) is 7.09. The monoisotopic (exact) mass is 344 g/mol. The van der Waals surface area contributed by atoms with E-state index < -0.39 is 20.0 Å². The molecule has 2 N–H and O–H groups in total. The van der Waals surface area contributed by atoms with Crippen molar-refractivity contribution in [2.75, 3.05) is 18.8 Å². The molecule has 0 spiro atoms. The summed E-state index contributed by atoms with van der Waals surface area (Å²) >= 11 is 0. The Kier molecular flexibility index (Phi) is 5.38. The molecular formula is C14H20N2O4S2. The van der Waals surface area contributed by atoms with E-state index in [1.54, 1.807) is 6.08 Å². The van der Waals surface area contributed by atoms with E-state index in [4.69, 9.17) is 0 Å². The zero-order valence-electron chi connectivity index (χ0n) is 12.4. The second-order valence-electron chi connectivity index (χ2n) is 5.00. The lowest BCUT2D eigenvalue weighted by Crippen LogP contribution is -2.36. The van der Waals surface area contributed by atoms with E-state index in [1.807, 2.05) is 24.3 Å². The average molecular weight is 344 g/mol. The highest BCUT2D eigenvalue weighted by Crippen LogP contribution is 2.26. The van der Waals surface area contributed by atoms with Crippen LogP contribution in [0, 0.1) is 0 Å². The summed E-state index contributed by atoms with van der Waals surface area (Å²) in [5.74, 6) is -0.0261. The predicted molar refractivity (Wildman–Crippen MR) is 87.1 cm³/mol. The molecule has 22 heavy (non-hydrogen) atoms. The number of hydrogen-bond acceptors (Lipinski definition) is 4. The lowest BCUT2D eigenvalue weighted by atomic mass is 9.98. The first-order chi connectivity index (χ1) is 10.3. The number of sulfonamides is 2. The van der Waals surface area contributed by atoms with E-state index in [1.165, 1.54) is 6.92 Å². The first-order valence-corrected chi connectivity index (χ1v) is 10.2. The molecule has 6 nitrogen and oxygen atoms in total. The maximum absolute atomic E-state index is 12.2. The SMILES string of the molecule is CCS(=O)(=O)NCCNS(=O)(=O)C1=Cc2ccccc2CC1.